The highest BCUT2D eigenvalue weighted by Crippen LogP contribution is 2.16. The van der Waals surface area contributed by atoms with Crippen LogP contribution in [0.2, 0.25) is 0 Å². The normalized spacial score (nSPS) is 10.2. The van der Waals surface area contributed by atoms with Gasteiger partial charge in [-0.3, -0.25) is 4.79 Å². The van der Waals surface area contributed by atoms with Gasteiger partial charge in [0.2, 0.25) is 0 Å². The Hall–Kier alpha value is -2.88. The average molecular weight is 263 g/mol. The summed E-state index contributed by atoms with van der Waals surface area (Å²) in [4.78, 5) is 16.4. The molecule has 0 spiro atoms. The Kier molecular flexibility index (Phi) is 3.29. The lowest BCUT2D eigenvalue weighted by Gasteiger charge is -2.10. The quantitative estimate of drug-likeness (QED) is 0.789. The molecule has 0 unspecified atom stereocenters. The third-order valence-corrected chi connectivity index (χ3v) is 2.96. The minimum absolute atomic E-state index is 0.138. The van der Waals surface area contributed by atoms with Crippen LogP contribution < -0.4 is 5.32 Å². The molecular weight excluding hydrogens is 250 g/mol. The molecule has 0 saturated carbocycles. The summed E-state index contributed by atoms with van der Waals surface area (Å²) in [6.45, 7) is 0. The topological polar surface area (TPSA) is 46.9 Å². The Morgan fingerprint density at radius 3 is 2.50 bits per heavy atom. The van der Waals surface area contributed by atoms with Gasteiger partial charge in [0.25, 0.3) is 5.91 Å². The van der Waals surface area contributed by atoms with Crippen molar-refractivity contribution in [2.75, 3.05) is 5.32 Å². The summed E-state index contributed by atoms with van der Waals surface area (Å²) in [6.07, 6.45) is 5.18. The molecule has 1 amide bonds. The van der Waals surface area contributed by atoms with E-state index >= 15 is 0 Å². The number of imidazole rings is 1. The van der Waals surface area contributed by atoms with Crippen molar-refractivity contribution in [2.24, 2.45) is 0 Å². The van der Waals surface area contributed by atoms with Crippen molar-refractivity contribution in [2.45, 2.75) is 0 Å². The van der Waals surface area contributed by atoms with Crippen LogP contribution in [0.1, 0.15) is 10.4 Å². The van der Waals surface area contributed by atoms with Crippen molar-refractivity contribution in [1.82, 2.24) is 9.55 Å². The van der Waals surface area contributed by atoms with Crippen LogP contribution in [0.25, 0.3) is 5.69 Å². The number of nitrogens with zero attached hydrogens (tertiary/aromatic N) is 2. The zero-order valence-corrected chi connectivity index (χ0v) is 10.7. The molecular formula is C16H13N3O. The second-order valence-corrected chi connectivity index (χ2v) is 4.31. The van der Waals surface area contributed by atoms with Crippen LogP contribution in [0.15, 0.2) is 73.3 Å². The Balaban J connectivity index is 1.93. The Morgan fingerprint density at radius 1 is 1.00 bits per heavy atom. The van der Waals surface area contributed by atoms with E-state index < -0.39 is 0 Å². The van der Waals surface area contributed by atoms with Gasteiger partial charge in [0.15, 0.2) is 0 Å². The number of anilines is 1. The van der Waals surface area contributed by atoms with E-state index in [1.165, 1.54) is 0 Å². The first-order valence-corrected chi connectivity index (χ1v) is 6.28. The molecule has 20 heavy (non-hydrogen) atoms. The molecule has 1 N–H and O–H groups in total. The number of carbonyl (C=O) groups excluding carboxylic acids is 1. The summed E-state index contributed by atoms with van der Waals surface area (Å²) in [5, 5.41) is 2.89. The lowest BCUT2D eigenvalue weighted by molar-refractivity contribution is 0.102. The van der Waals surface area contributed by atoms with E-state index in [1.807, 2.05) is 59.3 Å². The maximum atomic E-state index is 12.4. The highest BCUT2D eigenvalue weighted by atomic mass is 16.1. The minimum Gasteiger partial charge on any atom is -0.322 e. The molecule has 0 aliphatic heterocycles. The van der Waals surface area contributed by atoms with Crippen molar-refractivity contribution in [3.05, 3.63) is 78.9 Å². The third-order valence-electron chi connectivity index (χ3n) is 2.96. The van der Waals surface area contributed by atoms with Gasteiger partial charge in [0, 0.05) is 18.1 Å². The molecule has 2 aromatic carbocycles. The van der Waals surface area contributed by atoms with Gasteiger partial charge in [0.05, 0.1) is 17.6 Å². The first-order chi connectivity index (χ1) is 9.84. The SMILES string of the molecule is O=C(Nc1ccccc1)c1ccccc1-n1ccnc1. The number of amides is 1. The highest BCUT2D eigenvalue weighted by Gasteiger charge is 2.11. The number of benzene rings is 2. The lowest BCUT2D eigenvalue weighted by Crippen LogP contribution is -2.14. The zero-order chi connectivity index (χ0) is 13.8. The molecule has 0 atom stereocenters. The maximum Gasteiger partial charge on any atom is 0.257 e. The Morgan fingerprint density at radius 2 is 1.75 bits per heavy atom. The summed E-state index contributed by atoms with van der Waals surface area (Å²) in [7, 11) is 0. The second kappa shape index (κ2) is 5.40. The van der Waals surface area contributed by atoms with E-state index in [0.29, 0.717) is 5.56 Å². The molecule has 98 valence electrons. The number of para-hydroxylation sites is 2. The Labute approximate surface area is 116 Å². The number of nitrogens with one attached hydrogen (secondary N) is 1. The van der Waals surface area contributed by atoms with Gasteiger partial charge in [-0.1, -0.05) is 30.3 Å². The molecule has 0 aliphatic carbocycles. The molecule has 1 heterocycles. The van der Waals surface area contributed by atoms with Crippen LogP contribution >= 0.6 is 0 Å². The highest BCUT2D eigenvalue weighted by molar-refractivity contribution is 6.06. The fourth-order valence-corrected chi connectivity index (χ4v) is 2.01. The average Bonchev–Trinajstić information content (AvgIpc) is 3.02. The number of hydrogen-bond acceptors (Lipinski definition) is 2. The van der Waals surface area contributed by atoms with E-state index in [-0.39, 0.29) is 5.91 Å². The Bertz CT molecular complexity index is 706. The molecule has 0 aliphatic rings. The van der Waals surface area contributed by atoms with Gasteiger partial charge < -0.3 is 9.88 Å². The van der Waals surface area contributed by atoms with Crippen LogP contribution in [0, 0.1) is 0 Å². The van der Waals surface area contributed by atoms with Crippen molar-refractivity contribution in [1.29, 1.82) is 0 Å². The van der Waals surface area contributed by atoms with Gasteiger partial charge in [0.1, 0.15) is 0 Å². The minimum atomic E-state index is -0.138. The predicted octanol–water partition coefficient (Wildman–Crippen LogP) is 3.12. The monoisotopic (exact) mass is 263 g/mol. The van der Waals surface area contributed by atoms with Crippen LogP contribution in [-0.2, 0) is 0 Å². The van der Waals surface area contributed by atoms with E-state index in [2.05, 4.69) is 10.3 Å². The number of aromatic nitrogens is 2. The molecule has 3 aromatic rings. The molecule has 4 heteroatoms. The van der Waals surface area contributed by atoms with Gasteiger partial charge in [-0.25, -0.2) is 4.98 Å². The van der Waals surface area contributed by atoms with Crippen LogP contribution in [-0.4, -0.2) is 15.5 Å². The fourth-order valence-electron chi connectivity index (χ4n) is 2.01. The second-order valence-electron chi connectivity index (χ2n) is 4.31. The van der Waals surface area contributed by atoms with Crippen LogP contribution in [0.4, 0.5) is 5.69 Å². The molecule has 1 aromatic heterocycles. The van der Waals surface area contributed by atoms with E-state index in [4.69, 9.17) is 0 Å². The van der Waals surface area contributed by atoms with Crippen LogP contribution in [0.3, 0.4) is 0 Å². The largest absolute Gasteiger partial charge is 0.322 e. The van der Waals surface area contributed by atoms with Crippen molar-refractivity contribution >= 4 is 11.6 Å². The number of carbonyl (C=O) groups is 1. The summed E-state index contributed by atoms with van der Waals surface area (Å²) >= 11 is 0. The predicted molar refractivity (Wildman–Crippen MR) is 78.0 cm³/mol. The summed E-state index contributed by atoms with van der Waals surface area (Å²) < 4.78 is 1.82. The number of hydrogen-bond donors (Lipinski definition) is 1. The molecule has 0 fully saturated rings. The first-order valence-electron chi connectivity index (χ1n) is 6.28. The van der Waals surface area contributed by atoms with Gasteiger partial charge >= 0.3 is 0 Å². The van der Waals surface area contributed by atoms with Gasteiger partial charge in [-0.2, -0.15) is 0 Å². The van der Waals surface area contributed by atoms with Crippen molar-refractivity contribution in [3.8, 4) is 5.69 Å². The van der Waals surface area contributed by atoms with Gasteiger partial charge in [-0.05, 0) is 24.3 Å². The standard InChI is InChI=1S/C16H13N3O/c20-16(18-13-6-2-1-3-7-13)14-8-4-5-9-15(14)19-11-10-17-12-19/h1-12H,(H,18,20). The van der Waals surface area contributed by atoms with Crippen molar-refractivity contribution in [3.63, 3.8) is 0 Å². The molecule has 4 nitrogen and oxygen atoms in total. The van der Waals surface area contributed by atoms with Gasteiger partial charge in [-0.15, -0.1) is 0 Å². The van der Waals surface area contributed by atoms with Crippen molar-refractivity contribution < 1.29 is 4.79 Å². The number of rotatable bonds is 3. The summed E-state index contributed by atoms with van der Waals surface area (Å²) in [6, 6.07) is 16.8. The zero-order valence-electron chi connectivity index (χ0n) is 10.7. The summed E-state index contributed by atoms with van der Waals surface area (Å²) in [5.74, 6) is -0.138. The van der Waals surface area contributed by atoms with E-state index in [9.17, 15) is 4.79 Å². The first kappa shape index (κ1) is 12.2. The van der Waals surface area contributed by atoms with Crippen LogP contribution in [0.5, 0.6) is 0 Å². The molecule has 0 saturated heterocycles. The lowest BCUT2D eigenvalue weighted by atomic mass is 10.1. The smallest absolute Gasteiger partial charge is 0.257 e. The third kappa shape index (κ3) is 2.44. The fraction of sp³-hybridized carbons (Fsp3) is 0. The molecule has 0 bridgehead atoms. The van der Waals surface area contributed by atoms with E-state index in [1.54, 1.807) is 18.6 Å². The maximum absolute atomic E-state index is 12.4. The summed E-state index contributed by atoms with van der Waals surface area (Å²) in [5.41, 5.74) is 2.19. The molecule has 0 radical (unpaired) electrons. The molecule has 3 rings (SSSR count). The van der Waals surface area contributed by atoms with E-state index in [0.717, 1.165) is 11.4 Å².